The van der Waals surface area contributed by atoms with Crippen molar-refractivity contribution in [2.24, 2.45) is 11.1 Å². The van der Waals surface area contributed by atoms with Gasteiger partial charge < -0.3 is 10.6 Å². The topological polar surface area (TPSA) is 46.3 Å². The minimum Gasteiger partial charge on any atom is -0.392 e. The van der Waals surface area contributed by atoms with Crippen molar-refractivity contribution in [1.29, 1.82) is 0 Å². The van der Waals surface area contributed by atoms with Crippen LogP contribution in [0.15, 0.2) is 0 Å². The Bertz CT molecular complexity index is 389. The highest BCUT2D eigenvalue weighted by Crippen LogP contribution is 2.40. The molecule has 0 aromatic rings. The molecule has 3 nitrogen and oxygen atoms in total. The monoisotopic (exact) mass is 314 g/mol. The van der Waals surface area contributed by atoms with Crippen molar-refractivity contribution in [3.05, 3.63) is 0 Å². The van der Waals surface area contributed by atoms with Crippen LogP contribution in [0.4, 0.5) is 0 Å². The van der Waals surface area contributed by atoms with Crippen LogP contribution in [0, 0.1) is 5.41 Å². The standard InChI is InChI=1S/C15H26N2OS2/c1-14(2)8-9-17(10-11-20-14)13(18)15(12(16)19)6-4-3-5-7-15/h3-11H2,1-2H3,(H2,16,19). The summed E-state index contributed by atoms with van der Waals surface area (Å²) < 4.78 is 0.262. The van der Waals surface area contributed by atoms with Gasteiger partial charge in [-0.15, -0.1) is 0 Å². The van der Waals surface area contributed by atoms with Crippen LogP contribution in [-0.4, -0.2) is 39.4 Å². The summed E-state index contributed by atoms with van der Waals surface area (Å²) in [5.41, 5.74) is 5.43. The molecule has 0 spiro atoms. The van der Waals surface area contributed by atoms with E-state index in [0.717, 1.165) is 50.9 Å². The number of thioether (sulfide) groups is 1. The number of hydrogen-bond donors (Lipinski definition) is 1. The second kappa shape index (κ2) is 6.22. The maximum Gasteiger partial charge on any atom is 0.235 e. The van der Waals surface area contributed by atoms with Crippen molar-refractivity contribution in [3.63, 3.8) is 0 Å². The maximum absolute atomic E-state index is 13.0. The van der Waals surface area contributed by atoms with E-state index < -0.39 is 5.41 Å². The molecule has 1 aliphatic heterocycles. The van der Waals surface area contributed by atoms with Gasteiger partial charge in [0.15, 0.2) is 0 Å². The number of hydrogen-bond acceptors (Lipinski definition) is 3. The van der Waals surface area contributed by atoms with Crippen LogP contribution in [0.5, 0.6) is 0 Å². The van der Waals surface area contributed by atoms with Crippen LogP contribution in [0.25, 0.3) is 0 Å². The van der Waals surface area contributed by atoms with Gasteiger partial charge in [-0.3, -0.25) is 4.79 Å². The molecule has 1 heterocycles. The first-order valence-corrected chi connectivity index (χ1v) is 9.00. The van der Waals surface area contributed by atoms with E-state index in [0.29, 0.717) is 4.99 Å². The van der Waals surface area contributed by atoms with E-state index in [1.54, 1.807) is 0 Å². The van der Waals surface area contributed by atoms with Gasteiger partial charge in [-0.2, -0.15) is 11.8 Å². The summed E-state index contributed by atoms with van der Waals surface area (Å²) in [4.78, 5) is 15.5. The third-order valence-corrected chi connectivity index (χ3v) is 6.48. The second-order valence-electron chi connectivity index (χ2n) is 6.66. The van der Waals surface area contributed by atoms with Gasteiger partial charge in [0.2, 0.25) is 5.91 Å². The van der Waals surface area contributed by atoms with Gasteiger partial charge in [-0.1, -0.05) is 45.3 Å². The summed E-state index contributed by atoms with van der Waals surface area (Å²) in [6.45, 7) is 6.19. The van der Waals surface area contributed by atoms with E-state index in [2.05, 4.69) is 13.8 Å². The van der Waals surface area contributed by atoms with Crippen LogP contribution >= 0.6 is 24.0 Å². The molecule has 0 unspecified atom stereocenters. The minimum atomic E-state index is -0.549. The summed E-state index contributed by atoms with van der Waals surface area (Å²) in [5.74, 6) is 1.20. The zero-order chi connectivity index (χ0) is 14.8. The van der Waals surface area contributed by atoms with E-state index >= 15 is 0 Å². The normalized spacial score (nSPS) is 25.8. The van der Waals surface area contributed by atoms with Gasteiger partial charge >= 0.3 is 0 Å². The molecule has 1 aliphatic carbocycles. The lowest BCUT2D eigenvalue weighted by molar-refractivity contribution is -0.139. The number of carbonyl (C=O) groups is 1. The van der Waals surface area contributed by atoms with Gasteiger partial charge in [0.05, 0.1) is 10.4 Å². The Hall–Kier alpha value is -0.290. The molecule has 0 bridgehead atoms. The average Bonchev–Trinajstić information content (AvgIpc) is 2.59. The quantitative estimate of drug-likeness (QED) is 0.796. The molecule has 2 N–H and O–H groups in total. The third-order valence-electron chi connectivity index (χ3n) is 4.71. The van der Waals surface area contributed by atoms with Gasteiger partial charge in [0.1, 0.15) is 0 Å². The number of rotatable bonds is 2. The lowest BCUT2D eigenvalue weighted by Gasteiger charge is -2.38. The molecule has 20 heavy (non-hydrogen) atoms. The molecular weight excluding hydrogens is 288 g/mol. The SMILES string of the molecule is CC1(C)CCN(C(=O)C2(C(N)=S)CCCCC2)CCS1. The fraction of sp³-hybridized carbons (Fsp3) is 0.867. The van der Waals surface area contributed by atoms with Gasteiger partial charge in [-0.05, 0) is 19.3 Å². The molecule has 5 heteroatoms. The fourth-order valence-corrected chi connectivity index (χ4v) is 4.64. The Kier molecular flexibility index (Phi) is 5.00. The van der Waals surface area contributed by atoms with E-state index in [9.17, 15) is 4.79 Å². The summed E-state index contributed by atoms with van der Waals surface area (Å²) in [6, 6.07) is 0. The highest BCUT2D eigenvalue weighted by molar-refractivity contribution is 8.00. The molecule has 2 rings (SSSR count). The molecule has 0 aromatic heterocycles. The fourth-order valence-electron chi connectivity index (χ4n) is 3.25. The zero-order valence-electron chi connectivity index (χ0n) is 12.6. The number of thiocarbonyl (C=S) groups is 1. The molecule has 0 atom stereocenters. The first-order chi connectivity index (χ1) is 9.37. The summed E-state index contributed by atoms with van der Waals surface area (Å²) in [6.07, 6.45) is 6.05. The molecule has 114 valence electrons. The Morgan fingerprint density at radius 2 is 1.80 bits per heavy atom. The number of amides is 1. The summed E-state index contributed by atoms with van der Waals surface area (Å²) in [5, 5.41) is 0. The molecule has 2 fully saturated rings. The van der Waals surface area contributed by atoms with Crippen LogP contribution in [0.2, 0.25) is 0 Å². The minimum absolute atomic E-state index is 0.197. The highest BCUT2D eigenvalue weighted by Gasteiger charge is 2.45. The van der Waals surface area contributed by atoms with Crippen LogP contribution in [-0.2, 0) is 4.79 Å². The van der Waals surface area contributed by atoms with Crippen LogP contribution < -0.4 is 5.73 Å². The Morgan fingerprint density at radius 3 is 2.40 bits per heavy atom. The first-order valence-electron chi connectivity index (χ1n) is 7.61. The first kappa shape index (κ1) is 16.1. The van der Waals surface area contributed by atoms with Crippen molar-refractivity contribution in [3.8, 4) is 0 Å². The smallest absolute Gasteiger partial charge is 0.235 e. The Morgan fingerprint density at radius 1 is 1.15 bits per heavy atom. The van der Waals surface area contributed by atoms with Crippen LogP contribution in [0.1, 0.15) is 52.4 Å². The number of nitrogens with zero attached hydrogens (tertiary/aromatic N) is 1. The van der Waals surface area contributed by atoms with Crippen molar-refractivity contribution >= 4 is 34.9 Å². The lowest BCUT2D eigenvalue weighted by atomic mass is 9.72. The van der Waals surface area contributed by atoms with Gasteiger partial charge in [0, 0.05) is 23.6 Å². The van der Waals surface area contributed by atoms with Crippen molar-refractivity contribution in [2.75, 3.05) is 18.8 Å². The largest absolute Gasteiger partial charge is 0.392 e. The Balaban J connectivity index is 2.13. The van der Waals surface area contributed by atoms with Gasteiger partial charge in [0.25, 0.3) is 0 Å². The van der Waals surface area contributed by atoms with E-state index in [-0.39, 0.29) is 10.7 Å². The average molecular weight is 315 g/mol. The van der Waals surface area contributed by atoms with E-state index in [1.165, 1.54) is 6.42 Å². The molecule has 1 saturated carbocycles. The van der Waals surface area contributed by atoms with E-state index in [4.69, 9.17) is 18.0 Å². The number of nitrogens with two attached hydrogens (primary N) is 1. The zero-order valence-corrected chi connectivity index (χ0v) is 14.2. The third kappa shape index (κ3) is 3.30. The predicted octanol–water partition coefficient (Wildman–Crippen LogP) is 2.97. The molecule has 2 aliphatic rings. The van der Waals surface area contributed by atoms with E-state index in [1.807, 2.05) is 16.7 Å². The summed E-state index contributed by atoms with van der Waals surface area (Å²) in [7, 11) is 0. The van der Waals surface area contributed by atoms with Crippen LogP contribution in [0.3, 0.4) is 0 Å². The predicted molar refractivity (Wildman–Crippen MR) is 90.0 cm³/mol. The number of carbonyl (C=O) groups excluding carboxylic acids is 1. The maximum atomic E-state index is 13.0. The van der Waals surface area contributed by atoms with Crippen molar-refractivity contribution < 1.29 is 4.79 Å². The molecule has 1 saturated heterocycles. The summed E-state index contributed by atoms with van der Waals surface area (Å²) >= 11 is 7.24. The molecule has 0 aromatic carbocycles. The van der Waals surface area contributed by atoms with Crippen molar-refractivity contribution in [2.45, 2.75) is 57.1 Å². The molecular formula is C15H26N2OS2. The van der Waals surface area contributed by atoms with Gasteiger partial charge in [-0.25, -0.2) is 0 Å². The van der Waals surface area contributed by atoms with Crippen molar-refractivity contribution in [1.82, 2.24) is 4.90 Å². The second-order valence-corrected chi connectivity index (χ2v) is 8.90. The lowest BCUT2D eigenvalue weighted by Crippen LogP contribution is -2.52. The Labute approximate surface area is 132 Å². The highest BCUT2D eigenvalue weighted by atomic mass is 32.2. The molecule has 0 radical (unpaired) electrons. The molecule has 1 amide bonds.